The quantitative estimate of drug-likeness (QED) is 0.212. The molecule has 204 valence electrons. The van der Waals surface area contributed by atoms with Crippen molar-refractivity contribution in [1.29, 1.82) is 0 Å². The van der Waals surface area contributed by atoms with Crippen molar-refractivity contribution in [3.8, 4) is 5.75 Å². The third-order valence-electron chi connectivity index (χ3n) is 7.18. The molecule has 0 saturated heterocycles. The molecule has 2 N–H and O–H groups in total. The molecule has 2 aromatic rings. The Kier molecular flexibility index (Phi) is 10.3. The van der Waals surface area contributed by atoms with Gasteiger partial charge in [0, 0.05) is 24.4 Å². The number of nitrogens with one attached hydrogen (secondary N) is 1. The standard InChI is InChI=1S/C30H43NO5S/c1-7-26-24-16-30(4,5)12-10-23(24)29(37-26)25(33)9-8-21-14-19(2)28(20(3)15-21)36-18-22(32)17-31-13-11-27(34)35-6/h14-15,22,31-32H,7-13,16-18H2,1-6H3. The van der Waals surface area contributed by atoms with E-state index in [1.54, 1.807) is 11.3 Å². The molecule has 1 aromatic heterocycles. The molecule has 0 saturated carbocycles. The number of ether oxygens (including phenoxy) is 2. The third kappa shape index (κ3) is 7.88. The molecule has 3 rings (SSSR count). The summed E-state index contributed by atoms with van der Waals surface area (Å²) in [5.41, 5.74) is 6.20. The molecule has 1 aliphatic carbocycles. The van der Waals surface area contributed by atoms with Gasteiger partial charge >= 0.3 is 5.97 Å². The lowest BCUT2D eigenvalue weighted by Crippen LogP contribution is -2.32. The van der Waals surface area contributed by atoms with E-state index in [1.807, 2.05) is 13.8 Å². The van der Waals surface area contributed by atoms with Crippen molar-refractivity contribution >= 4 is 23.1 Å². The van der Waals surface area contributed by atoms with Crippen LogP contribution in [0.15, 0.2) is 12.1 Å². The number of aryl methyl sites for hydroxylation is 4. The Morgan fingerprint density at radius 3 is 2.51 bits per heavy atom. The van der Waals surface area contributed by atoms with Gasteiger partial charge in [0.15, 0.2) is 5.78 Å². The first-order valence-corrected chi connectivity index (χ1v) is 14.2. The number of carbonyl (C=O) groups is 2. The fraction of sp³-hybridized carbons (Fsp3) is 0.600. The molecule has 37 heavy (non-hydrogen) atoms. The molecular formula is C30H43NO5S. The number of Topliss-reactive ketones (excluding diaryl/α,β-unsaturated/α-hetero) is 1. The van der Waals surface area contributed by atoms with Crippen LogP contribution in [0.3, 0.4) is 0 Å². The van der Waals surface area contributed by atoms with E-state index in [-0.39, 0.29) is 24.8 Å². The van der Waals surface area contributed by atoms with Crippen LogP contribution in [0.25, 0.3) is 0 Å². The van der Waals surface area contributed by atoms with Crippen molar-refractivity contribution < 1.29 is 24.2 Å². The van der Waals surface area contributed by atoms with Crippen molar-refractivity contribution in [2.24, 2.45) is 5.41 Å². The molecule has 1 aromatic carbocycles. The Bertz CT molecular complexity index is 1080. The van der Waals surface area contributed by atoms with Crippen LogP contribution in [-0.4, -0.2) is 49.8 Å². The first kappa shape index (κ1) is 29.3. The van der Waals surface area contributed by atoms with E-state index < -0.39 is 6.10 Å². The molecule has 1 unspecified atom stereocenters. The first-order valence-electron chi connectivity index (χ1n) is 13.4. The van der Waals surface area contributed by atoms with Gasteiger partial charge in [-0.2, -0.15) is 0 Å². The monoisotopic (exact) mass is 529 g/mol. The van der Waals surface area contributed by atoms with E-state index >= 15 is 0 Å². The first-order chi connectivity index (χ1) is 17.5. The molecule has 7 heteroatoms. The maximum Gasteiger partial charge on any atom is 0.306 e. The normalized spacial score (nSPS) is 15.2. The maximum atomic E-state index is 13.3. The van der Waals surface area contributed by atoms with E-state index in [0.717, 1.165) is 53.0 Å². The topological polar surface area (TPSA) is 84.9 Å². The van der Waals surface area contributed by atoms with Crippen LogP contribution < -0.4 is 10.1 Å². The van der Waals surface area contributed by atoms with Gasteiger partial charge in [0.05, 0.1) is 18.4 Å². The highest BCUT2D eigenvalue weighted by Gasteiger charge is 2.31. The van der Waals surface area contributed by atoms with Crippen LogP contribution in [0, 0.1) is 19.3 Å². The molecule has 0 amide bonds. The molecular weight excluding hydrogens is 486 g/mol. The van der Waals surface area contributed by atoms with Crippen molar-refractivity contribution in [2.45, 2.75) is 85.7 Å². The fourth-order valence-corrected chi connectivity index (χ4v) is 6.42. The highest BCUT2D eigenvalue weighted by Crippen LogP contribution is 2.42. The van der Waals surface area contributed by atoms with Gasteiger partial charge < -0.3 is 19.9 Å². The predicted molar refractivity (Wildman–Crippen MR) is 149 cm³/mol. The number of hydrogen-bond acceptors (Lipinski definition) is 7. The van der Waals surface area contributed by atoms with E-state index in [4.69, 9.17) is 4.74 Å². The van der Waals surface area contributed by atoms with Crippen LogP contribution in [0.2, 0.25) is 0 Å². The number of hydrogen-bond donors (Lipinski definition) is 2. The van der Waals surface area contributed by atoms with Crippen molar-refractivity contribution in [3.05, 3.63) is 49.7 Å². The maximum absolute atomic E-state index is 13.3. The molecule has 0 spiro atoms. The summed E-state index contributed by atoms with van der Waals surface area (Å²) in [6.07, 6.45) is 5.00. The summed E-state index contributed by atoms with van der Waals surface area (Å²) in [5.74, 6) is 0.751. The summed E-state index contributed by atoms with van der Waals surface area (Å²) >= 11 is 1.73. The Morgan fingerprint density at radius 2 is 1.86 bits per heavy atom. The van der Waals surface area contributed by atoms with Crippen LogP contribution in [-0.2, 0) is 35.2 Å². The molecule has 0 aliphatic heterocycles. The zero-order valence-corrected chi connectivity index (χ0v) is 24.1. The average molecular weight is 530 g/mol. The second kappa shape index (κ2) is 13.0. The number of carbonyl (C=O) groups excluding carboxylic acids is 2. The van der Waals surface area contributed by atoms with Crippen LogP contribution in [0.5, 0.6) is 5.75 Å². The highest BCUT2D eigenvalue weighted by atomic mass is 32.1. The van der Waals surface area contributed by atoms with Crippen LogP contribution in [0.1, 0.15) is 82.4 Å². The van der Waals surface area contributed by atoms with E-state index in [0.29, 0.717) is 31.3 Å². The minimum Gasteiger partial charge on any atom is -0.490 e. The second-order valence-electron chi connectivity index (χ2n) is 11.0. The van der Waals surface area contributed by atoms with Gasteiger partial charge in [-0.3, -0.25) is 9.59 Å². The molecule has 0 radical (unpaired) electrons. The van der Waals surface area contributed by atoms with Gasteiger partial charge in [-0.15, -0.1) is 11.3 Å². The smallest absolute Gasteiger partial charge is 0.306 e. The molecule has 1 heterocycles. The molecule has 1 aliphatic rings. The van der Waals surface area contributed by atoms with Crippen molar-refractivity contribution in [2.75, 3.05) is 26.8 Å². The largest absolute Gasteiger partial charge is 0.490 e. The SMILES string of the molecule is CCc1sc(C(=O)CCc2cc(C)c(OCC(O)CNCCC(=O)OC)c(C)c2)c2c1CC(C)(C)CC2. The minimum atomic E-state index is -0.691. The zero-order valence-electron chi connectivity index (χ0n) is 23.3. The van der Waals surface area contributed by atoms with Gasteiger partial charge in [-0.05, 0) is 79.2 Å². The van der Waals surface area contributed by atoms with Gasteiger partial charge in [-0.25, -0.2) is 0 Å². The number of esters is 1. The molecule has 1 atom stereocenters. The number of aliphatic hydroxyl groups excluding tert-OH is 1. The summed E-state index contributed by atoms with van der Waals surface area (Å²) in [7, 11) is 1.36. The predicted octanol–water partition coefficient (Wildman–Crippen LogP) is 5.15. The Balaban J connectivity index is 1.56. The van der Waals surface area contributed by atoms with Gasteiger partial charge in [-0.1, -0.05) is 32.9 Å². The van der Waals surface area contributed by atoms with Gasteiger partial charge in [0.2, 0.25) is 0 Å². The lowest BCUT2D eigenvalue weighted by Gasteiger charge is -2.30. The highest BCUT2D eigenvalue weighted by molar-refractivity contribution is 7.14. The molecule has 6 nitrogen and oxygen atoms in total. The number of rotatable bonds is 13. The van der Waals surface area contributed by atoms with Crippen molar-refractivity contribution in [1.82, 2.24) is 5.32 Å². The Hall–Kier alpha value is -2.22. The number of benzene rings is 1. The summed E-state index contributed by atoms with van der Waals surface area (Å²) in [6.45, 7) is 11.8. The fourth-order valence-electron chi connectivity index (χ4n) is 5.15. The van der Waals surface area contributed by atoms with Gasteiger partial charge in [0.1, 0.15) is 18.5 Å². The third-order valence-corrected chi connectivity index (χ3v) is 8.64. The number of thiophene rings is 1. The van der Waals surface area contributed by atoms with Gasteiger partial charge in [0.25, 0.3) is 0 Å². The lowest BCUT2D eigenvalue weighted by atomic mass is 9.74. The zero-order chi connectivity index (χ0) is 27.2. The summed E-state index contributed by atoms with van der Waals surface area (Å²) < 4.78 is 10.5. The number of aliphatic hydroxyl groups is 1. The summed E-state index contributed by atoms with van der Waals surface area (Å²) in [5, 5.41) is 13.2. The van der Waals surface area contributed by atoms with E-state index in [2.05, 4.69) is 43.0 Å². The minimum absolute atomic E-state index is 0.158. The number of methoxy groups -OCH3 is 1. The number of ketones is 1. The molecule has 0 fully saturated rings. The van der Waals surface area contributed by atoms with E-state index in [9.17, 15) is 14.7 Å². The second-order valence-corrected chi connectivity index (χ2v) is 12.1. The van der Waals surface area contributed by atoms with Crippen LogP contribution in [0.4, 0.5) is 0 Å². The Morgan fingerprint density at radius 1 is 1.16 bits per heavy atom. The van der Waals surface area contributed by atoms with Crippen molar-refractivity contribution in [3.63, 3.8) is 0 Å². The summed E-state index contributed by atoms with van der Waals surface area (Å²) in [6, 6.07) is 4.17. The Labute approximate surface area is 225 Å². The average Bonchev–Trinajstić information content (AvgIpc) is 3.21. The number of fused-ring (bicyclic) bond motifs is 1. The van der Waals surface area contributed by atoms with E-state index in [1.165, 1.54) is 23.1 Å². The lowest BCUT2D eigenvalue weighted by molar-refractivity contribution is -0.140. The van der Waals surface area contributed by atoms with Crippen LogP contribution >= 0.6 is 11.3 Å². The summed E-state index contributed by atoms with van der Waals surface area (Å²) in [4.78, 5) is 26.8. The molecule has 0 bridgehead atoms.